The summed E-state index contributed by atoms with van der Waals surface area (Å²) in [4.78, 5) is 18.0. The normalized spacial score (nSPS) is 35.4. The second-order valence-corrected chi connectivity index (χ2v) is 3.71. The van der Waals surface area contributed by atoms with Crippen molar-refractivity contribution in [2.75, 3.05) is 6.61 Å². The zero-order chi connectivity index (χ0) is 13.7. The maximum atomic E-state index is 11.0. The molecule has 0 aromatic carbocycles. The van der Waals surface area contributed by atoms with E-state index < -0.39 is 43.2 Å². The van der Waals surface area contributed by atoms with Crippen LogP contribution in [0.2, 0.25) is 0 Å². The highest BCUT2D eigenvalue weighted by Crippen LogP contribution is 2.22. The predicted molar refractivity (Wildman–Crippen MR) is 55.6 cm³/mol. The molecule has 18 heavy (non-hydrogen) atoms. The molecule has 4 N–H and O–H groups in total. The minimum atomic E-state index is -1.51. The van der Waals surface area contributed by atoms with Crippen LogP contribution in [-0.4, -0.2) is 58.5 Å². The Kier molecular flexibility index (Phi) is 5.13. The smallest absolute Gasteiger partial charge is 0.217 e. The first kappa shape index (κ1) is 14.5. The van der Waals surface area contributed by atoms with Crippen LogP contribution in [0.1, 0.15) is 6.92 Å². The molecule has 1 fully saturated rings. The van der Waals surface area contributed by atoms with E-state index in [1.54, 1.807) is 0 Å². The lowest BCUT2D eigenvalue weighted by Gasteiger charge is -2.41. The van der Waals surface area contributed by atoms with Gasteiger partial charge in [0.1, 0.15) is 23.5 Å². The van der Waals surface area contributed by atoms with Crippen LogP contribution in [0.5, 0.6) is 0 Å². The summed E-state index contributed by atoms with van der Waals surface area (Å²) in [5.74, 6) is -0.494. The van der Waals surface area contributed by atoms with Gasteiger partial charge in [0.25, 0.3) is 0 Å². The Labute approximate surface area is 102 Å². The lowest BCUT2D eigenvalue weighted by Crippen LogP contribution is -2.64. The van der Waals surface area contributed by atoms with Gasteiger partial charge in [0, 0.05) is 11.8 Å². The van der Waals surface area contributed by atoms with Crippen LogP contribution in [0.3, 0.4) is 0 Å². The molecule has 0 spiro atoms. The minimum Gasteiger partial charge on any atom is -0.425 e. The van der Waals surface area contributed by atoms with E-state index in [1.165, 1.54) is 6.92 Å². The zero-order valence-electron chi connectivity index (χ0n) is 9.50. The summed E-state index contributed by atoms with van der Waals surface area (Å²) in [5, 5.41) is 33.5. The number of hydrogen-bond donors (Lipinski definition) is 4. The maximum absolute atomic E-state index is 11.0. The Hall–Kier alpha value is -1.58. The summed E-state index contributed by atoms with van der Waals surface area (Å²) in [6.07, 6.45) is -5.22. The zero-order valence-corrected chi connectivity index (χ0v) is 9.50. The highest BCUT2D eigenvalue weighted by atomic mass is 16.7. The highest BCUT2D eigenvalue weighted by Gasteiger charge is 2.46. The lowest BCUT2D eigenvalue weighted by molar-refractivity contribution is -0.262. The van der Waals surface area contributed by atoms with Crippen LogP contribution in [-0.2, 0) is 14.4 Å². The molecule has 0 radical (unpaired) electrons. The van der Waals surface area contributed by atoms with Gasteiger partial charge >= 0.3 is 0 Å². The number of aliphatic hydroxyl groups is 3. The third-order valence-electron chi connectivity index (χ3n) is 2.45. The molecule has 1 aliphatic heterocycles. The second-order valence-electron chi connectivity index (χ2n) is 3.71. The monoisotopic (exact) mass is 262 g/mol. The van der Waals surface area contributed by atoms with Crippen molar-refractivity contribution in [1.82, 2.24) is 5.32 Å². The van der Waals surface area contributed by atoms with Gasteiger partial charge in [-0.1, -0.05) is 0 Å². The first-order chi connectivity index (χ1) is 8.51. The highest BCUT2D eigenvalue weighted by molar-refractivity contribution is 5.73. The third kappa shape index (κ3) is 3.22. The minimum absolute atomic E-state index is 0.494. The van der Waals surface area contributed by atoms with Crippen molar-refractivity contribution in [3.8, 4) is 0 Å². The maximum Gasteiger partial charge on any atom is 0.217 e. The number of carbonyl (C=O) groups is 1. The van der Waals surface area contributed by atoms with Crippen LogP contribution < -0.4 is 5.32 Å². The summed E-state index contributed by atoms with van der Waals surface area (Å²) in [6.45, 7) is 0.628. The van der Waals surface area contributed by atoms with E-state index in [-0.39, 0.29) is 0 Å². The second kappa shape index (κ2) is 6.38. The standard InChI is InChI=1S/C8H14N4O6/c1-3(14)10-5-7(18-12-11-9)6(15)4(2-13)17-8(5)16/h4-8,13,15-16H,2H2,1H3,(H,10,14)/t4-,5-,6+,7-,8?/m1/s1. The molecule has 1 aliphatic rings. The Morgan fingerprint density at radius 3 is 2.78 bits per heavy atom. The summed E-state index contributed by atoms with van der Waals surface area (Å²) in [5.41, 5.74) is 8.16. The molecule has 0 bridgehead atoms. The van der Waals surface area contributed by atoms with Crippen LogP contribution in [0.15, 0.2) is 5.28 Å². The SMILES string of the molecule is CC(=O)N[C@H]1C(O)O[C@H](CO)[C@H](O)[C@@H]1ON=[N+]=[N-]. The fourth-order valence-electron chi connectivity index (χ4n) is 1.67. The molecule has 10 nitrogen and oxygen atoms in total. The fraction of sp³-hybridized carbons (Fsp3) is 0.875. The van der Waals surface area contributed by atoms with E-state index in [4.69, 9.17) is 15.4 Å². The summed E-state index contributed by atoms with van der Waals surface area (Å²) < 4.78 is 4.90. The van der Waals surface area contributed by atoms with Crippen molar-refractivity contribution in [2.45, 2.75) is 37.6 Å². The molecule has 0 aliphatic carbocycles. The van der Waals surface area contributed by atoms with Gasteiger partial charge in [-0.25, -0.2) is 0 Å². The van der Waals surface area contributed by atoms with E-state index in [9.17, 15) is 15.0 Å². The van der Waals surface area contributed by atoms with Gasteiger partial charge in [-0.3, -0.25) is 4.79 Å². The Bertz CT molecular complexity index is 346. The number of nitrogens with zero attached hydrogens (tertiary/aromatic N) is 3. The number of ether oxygens (including phenoxy) is 1. The number of hydrogen-bond acceptors (Lipinski definition) is 7. The lowest BCUT2D eigenvalue weighted by atomic mass is 9.97. The average molecular weight is 262 g/mol. The van der Waals surface area contributed by atoms with E-state index in [2.05, 4.69) is 20.3 Å². The van der Waals surface area contributed by atoms with Gasteiger partial charge in [0.2, 0.25) is 5.91 Å². The number of aliphatic hydroxyl groups excluding tert-OH is 3. The molecule has 5 atom stereocenters. The summed E-state index contributed by atoms with van der Waals surface area (Å²) in [7, 11) is 0. The number of azide groups is 1. The quantitative estimate of drug-likeness (QED) is 0.202. The van der Waals surface area contributed by atoms with Gasteiger partial charge in [-0.05, 0) is 5.53 Å². The molecule has 102 valence electrons. The van der Waals surface area contributed by atoms with Gasteiger partial charge in [-0.2, -0.15) is 0 Å². The molecular formula is C8H14N4O6. The van der Waals surface area contributed by atoms with Crippen molar-refractivity contribution >= 4 is 5.91 Å². The van der Waals surface area contributed by atoms with Crippen molar-refractivity contribution in [3.05, 3.63) is 10.4 Å². The van der Waals surface area contributed by atoms with Crippen LogP contribution in [0, 0.1) is 0 Å². The molecule has 10 heteroatoms. The van der Waals surface area contributed by atoms with Crippen molar-refractivity contribution in [1.29, 1.82) is 0 Å². The van der Waals surface area contributed by atoms with Gasteiger partial charge in [0.05, 0.1) is 6.61 Å². The average Bonchev–Trinajstić information content (AvgIpc) is 2.32. The molecule has 1 amide bonds. The first-order valence-corrected chi connectivity index (χ1v) is 5.11. The molecule has 0 saturated carbocycles. The summed E-state index contributed by atoms with van der Waals surface area (Å²) in [6, 6.07) is -1.12. The molecule has 0 aromatic heterocycles. The van der Waals surface area contributed by atoms with Gasteiger partial charge in [-0.15, -0.1) is 0 Å². The Morgan fingerprint density at radius 1 is 1.61 bits per heavy atom. The molecule has 1 saturated heterocycles. The molecule has 0 aromatic rings. The van der Waals surface area contributed by atoms with Crippen molar-refractivity contribution in [2.24, 2.45) is 5.28 Å². The van der Waals surface area contributed by atoms with Crippen LogP contribution >= 0.6 is 0 Å². The number of nitrogens with one attached hydrogen (secondary N) is 1. The fourth-order valence-corrected chi connectivity index (χ4v) is 1.67. The van der Waals surface area contributed by atoms with Crippen molar-refractivity contribution in [3.63, 3.8) is 0 Å². The van der Waals surface area contributed by atoms with Gasteiger partial charge in [0.15, 0.2) is 12.4 Å². The predicted octanol–water partition coefficient (Wildman–Crippen LogP) is -1.83. The van der Waals surface area contributed by atoms with Gasteiger partial charge < -0.3 is 30.2 Å². The van der Waals surface area contributed by atoms with E-state index in [1.807, 2.05) is 0 Å². The topological polar surface area (TPSA) is 157 Å². The number of carbonyl (C=O) groups excluding carboxylic acids is 1. The van der Waals surface area contributed by atoms with E-state index >= 15 is 0 Å². The molecule has 1 rings (SSSR count). The van der Waals surface area contributed by atoms with E-state index in [0.717, 1.165) is 0 Å². The summed E-state index contributed by atoms with van der Waals surface area (Å²) >= 11 is 0. The number of rotatable bonds is 4. The van der Waals surface area contributed by atoms with E-state index in [0.29, 0.717) is 0 Å². The molecule has 1 unspecified atom stereocenters. The van der Waals surface area contributed by atoms with Crippen LogP contribution in [0.4, 0.5) is 0 Å². The molecular weight excluding hydrogens is 248 g/mol. The molecule has 1 heterocycles. The largest absolute Gasteiger partial charge is 0.425 e. The number of amides is 1. The van der Waals surface area contributed by atoms with Crippen molar-refractivity contribution < 1.29 is 29.7 Å². The van der Waals surface area contributed by atoms with Crippen LogP contribution in [0.25, 0.3) is 10.4 Å². The first-order valence-electron chi connectivity index (χ1n) is 5.11. The Morgan fingerprint density at radius 2 is 2.28 bits per heavy atom. The third-order valence-corrected chi connectivity index (χ3v) is 2.45. The Balaban J connectivity index is 2.89.